The fraction of sp³-hybridized carbons (Fsp3) is 0.250. The van der Waals surface area contributed by atoms with Crippen molar-refractivity contribution in [3.63, 3.8) is 0 Å². The van der Waals surface area contributed by atoms with Gasteiger partial charge in [0.25, 0.3) is 0 Å². The van der Waals surface area contributed by atoms with Crippen LogP contribution in [0.15, 0.2) is 60.0 Å². The zero-order chi connectivity index (χ0) is 22.6. The summed E-state index contributed by atoms with van der Waals surface area (Å²) in [5, 5.41) is 10.3. The SMILES string of the molecule is CN=C(CC=N)c1ccc(NC(=O)C2(c3ccc(-c4cnc(N)nc4)cc3)CCC2)nc1. The second-order valence-electron chi connectivity index (χ2n) is 7.81. The topological polar surface area (TPSA) is 130 Å². The molecule has 0 atom stereocenters. The van der Waals surface area contributed by atoms with Gasteiger partial charge in [-0.1, -0.05) is 30.7 Å². The third-order valence-electron chi connectivity index (χ3n) is 5.99. The highest BCUT2D eigenvalue weighted by atomic mass is 16.2. The van der Waals surface area contributed by atoms with Crippen molar-refractivity contribution in [2.75, 3.05) is 18.1 Å². The Morgan fingerprint density at radius 3 is 2.34 bits per heavy atom. The van der Waals surface area contributed by atoms with Gasteiger partial charge in [0.1, 0.15) is 5.82 Å². The summed E-state index contributed by atoms with van der Waals surface area (Å²) < 4.78 is 0. The monoisotopic (exact) mass is 427 g/mol. The molecule has 1 amide bonds. The molecule has 1 aliphatic carbocycles. The third kappa shape index (κ3) is 4.12. The summed E-state index contributed by atoms with van der Waals surface area (Å²) in [6.45, 7) is 0. The lowest BCUT2D eigenvalue weighted by molar-refractivity contribution is -0.124. The van der Waals surface area contributed by atoms with Gasteiger partial charge in [-0.2, -0.15) is 0 Å². The molecule has 1 saturated carbocycles. The molecule has 1 aromatic carbocycles. The Kier molecular flexibility index (Phi) is 6.02. The molecular weight excluding hydrogens is 402 g/mol. The van der Waals surface area contributed by atoms with Gasteiger partial charge < -0.3 is 16.5 Å². The van der Waals surface area contributed by atoms with Gasteiger partial charge in [-0.25, -0.2) is 15.0 Å². The maximum atomic E-state index is 13.2. The predicted octanol–water partition coefficient (Wildman–Crippen LogP) is 3.64. The van der Waals surface area contributed by atoms with E-state index in [-0.39, 0.29) is 11.9 Å². The maximum absolute atomic E-state index is 13.2. The largest absolute Gasteiger partial charge is 0.368 e. The number of pyridine rings is 1. The highest BCUT2D eigenvalue weighted by molar-refractivity contribution is 6.07. The average Bonchev–Trinajstić information content (AvgIpc) is 2.78. The molecule has 0 saturated heterocycles. The van der Waals surface area contributed by atoms with Gasteiger partial charge in [0, 0.05) is 55.1 Å². The fourth-order valence-corrected chi connectivity index (χ4v) is 3.96. The summed E-state index contributed by atoms with van der Waals surface area (Å²) in [5.41, 5.74) is 9.48. The summed E-state index contributed by atoms with van der Waals surface area (Å²) >= 11 is 0. The van der Waals surface area contributed by atoms with E-state index in [1.54, 1.807) is 31.7 Å². The van der Waals surface area contributed by atoms with Gasteiger partial charge in [-0.3, -0.25) is 9.79 Å². The molecule has 32 heavy (non-hydrogen) atoms. The Morgan fingerprint density at radius 2 is 1.81 bits per heavy atom. The molecule has 8 heteroatoms. The third-order valence-corrected chi connectivity index (χ3v) is 5.99. The van der Waals surface area contributed by atoms with Crippen LogP contribution in [0, 0.1) is 5.41 Å². The van der Waals surface area contributed by atoms with Crippen LogP contribution in [0.3, 0.4) is 0 Å². The molecular formula is C24H25N7O. The molecule has 0 spiro atoms. The molecule has 162 valence electrons. The van der Waals surface area contributed by atoms with Crippen molar-refractivity contribution in [3.05, 3.63) is 66.1 Å². The molecule has 4 rings (SSSR count). The first-order valence-electron chi connectivity index (χ1n) is 10.5. The molecule has 0 aliphatic heterocycles. The van der Waals surface area contributed by atoms with Crippen molar-refractivity contribution in [1.29, 1.82) is 5.41 Å². The number of hydrogen-bond donors (Lipinski definition) is 3. The van der Waals surface area contributed by atoms with Gasteiger partial charge in [-0.15, -0.1) is 0 Å². The summed E-state index contributed by atoms with van der Waals surface area (Å²) in [7, 11) is 1.69. The van der Waals surface area contributed by atoms with E-state index in [2.05, 4.69) is 25.3 Å². The number of hydrogen-bond acceptors (Lipinski definition) is 7. The van der Waals surface area contributed by atoms with Gasteiger partial charge in [0.15, 0.2) is 0 Å². The van der Waals surface area contributed by atoms with E-state index >= 15 is 0 Å². The summed E-state index contributed by atoms with van der Waals surface area (Å²) in [4.78, 5) is 29.9. The van der Waals surface area contributed by atoms with E-state index in [1.165, 1.54) is 6.21 Å². The molecule has 0 bridgehead atoms. The summed E-state index contributed by atoms with van der Waals surface area (Å²) in [6, 6.07) is 11.6. The molecule has 4 N–H and O–H groups in total. The number of benzene rings is 1. The first-order chi connectivity index (χ1) is 15.6. The molecule has 8 nitrogen and oxygen atoms in total. The molecule has 2 aromatic heterocycles. The quantitative estimate of drug-likeness (QED) is 0.496. The molecule has 1 fully saturated rings. The van der Waals surface area contributed by atoms with Crippen LogP contribution in [0.5, 0.6) is 0 Å². The van der Waals surface area contributed by atoms with Crippen LogP contribution in [0.4, 0.5) is 11.8 Å². The molecule has 3 aromatic rings. The highest BCUT2D eigenvalue weighted by Crippen LogP contribution is 2.45. The van der Waals surface area contributed by atoms with E-state index in [4.69, 9.17) is 11.1 Å². The van der Waals surface area contributed by atoms with Crippen LogP contribution in [-0.2, 0) is 10.2 Å². The number of nitrogen functional groups attached to an aromatic ring is 1. The zero-order valence-corrected chi connectivity index (χ0v) is 17.9. The van der Waals surface area contributed by atoms with E-state index in [9.17, 15) is 4.79 Å². The average molecular weight is 428 g/mol. The molecule has 1 aliphatic rings. The number of carbonyl (C=O) groups excluding carboxylic acids is 1. The Hall–Kier alpha value is -3.94. The number of nitrogens with two attached hydrogens (primary N) is 1. The maximum Gasteiger partial charge on any atom is 0.236 e. The lowest BCUT2D eigenvalue weighted by atomic mass is 9.63. The number of amides is 1. The first kappa shape index (κ1) is 21.3. The number of nitrogens with zero attached hydrogens (tertiary/aromatic N) is 4. The van der Waals surface area contributed by atoms with E-state index in [1.807, 2.05) is 30.3 Å². The van der Waals surface area contributed by atoms with Crippen LogP contribution < -0.4 is 11.1 Å². The number of aliphatic imine (C=N–C) groups is 1. The van der Waals surface area contributed by atoms with Crippen molar-refractivity contribution < 1.29 is 4.79 Å². The van der Waals surface area contributed by atoms with Gasteiger partial charge in [-0.05, 0) is 36.1 Å². The Balaban J connectivity index is 1.51. The minimum Gasteiger partial charge on any atom is -0.368 e. The van der Waals surface area contributed by atoms with Crippen molar-refractivity contribution in [1.82, 2.24) is 15.0 Å². The van der Waals surface area contributed by atoms with E-state index in [0.717, 1.165) is 47.2 Å². The van der Waals surface area contributed by atoms with Crippen LogP contribution in [0.25, 0.3) is 11.1 Å². The van der Waals surface area contributed by atoms with Gasteiger partial charge >= 0.3 is 0 Å². The highest BCUT2D eigenvalue weighted by Gasteiger charge is 2.45. The van der Waals surface area contributed by atoms with Gasteiger partial charge in [0.05, 0.1) is 5.41 Å². The lowest BCUT2D eigenvalue weighted by Gasteiger charge is -2.40. The normalized spacial score (nSPS) is 15.0. The van der Waals surface area contributed by atoms with Gasteiger partial charge in [0.2, 0.25) is 11.9 Å². The van der Waals surface area contributed by atoms with Crippen LogP contribution in [0.2, 0.25) is 0 Å². The Labute approximate surface area is 186 Å². The summed E-state index contributed by atoms with van der Waals surface area (Å²) in [5.74, 6) is 0.701. The van der Waals surface area contributed by atoms with Crippen LogP contribution >= 0.6 is 0 Å². The molecule has 0 radical (unpaired) electrons. The number of aromatic nitrogens is 3. The van der Waals surface area contributed by atoms with Crippen LogP contribution in [-0.4, -0.2) is 39.8 Å². The van der Waals surface area contributed by atoms with E-state index in [0.29, 0.717) is 12.2 Å². The number of nitrogens with one attached hydrogen (secondary N) is 2. The molecule has 0 unspecified atom stereocenters. The van der Waals surface area contributed by atoms with Crippen molar-refractivity contribution in [2.24, 2.45) is 4.99 Å². The fourth-order valence-electron chi connectivity index (χ4n) is 3.96. The minimum absolute atomic E-state index is 0.0450. The minimum atomic E-state index is -0.549. The second-order valence-corrected chi connectivity index (χ2v) is 7.81. The standard InChI is InChI=1S/C24H25N7O/c1-27-20(9-12-25)17-5-8-21(28-13-17)31-22(32)24(10-2-11-24)19-6-3-16(4-7-19)18-14-29-23(26)30-15-18/h3-8,12-15,25H,2,9-11H2,1H3,(H2,26,29,30)(H,28,31,32). The lowest BCUT2D eigenvalue weighted by Crippen LogP contribution is -2.46. The predicted molar refractivity (Wildman–Crippen MR) is 126 cm³/mol. The zero-order valence-electron chi connectivity index (χ0n) is 17.9. The first-order valence-corrected chi connectivity index (χ1v) is 10.5. The number of anilines is 2. The second kappa shape index (κ2) is 9.05. The smallest absolute Gasteiger partial charge is 0.236 e. The summed E-state index contributed by atoms with van der Waals surface area (Å²) in [6.07, 6.45) is 9.42. The number of rotatable bonds is 7. The van der Waals surface area contributed by atoms with Crippen molar-refractivity contribution in [3.8, 4) is 11.1 Å². The van der Waals surface area contributed by atoms with Crippen molar-refractivity contribution in [2.45, 2.75) is 31.1 Å². The van der Waals surface area contributed by atoms with Crippen LogP contribution in [0.1, 0.15) is 36.8 Å². The van der Waals surface area contributed by atoms with Crippen molar-refractivity contribution >= 4 is 29.6 Å². The number of carbonyl (C=O) groups is 1. The Bertz CT molecular complexity index is 1130. The Morgan fingerprint density at radius 1 is 1.09 bits per heavy atom. The van der Waals surface area contributed by atoms with E-state index < -0.39 is 5.41 Å². The molecule has 2 heterocycles.